The average molecular weight is 223 g/mol. The van der Waals surface area contributed by atoms with Gasteiger partial charge in [-0.1, -0.05) is 6.07 Å². The molecule has 0 fully saturated rings. The molecule has 0 spiro atoms. The molecular formula is C13H21NO2. The van der Waals surface area contributed by atoms with Crippen LogP contribution >= 0.6 is 0 Å². The summed E-state index contributed by atoms with van der Waals surface area (Å²) in [6, 6.07) is 6.27. The van der Waals surface area contributed by atoms with E-state index < -0.39 is 0 Å². The number of aryl methyl sites for hydroxylation is 1. The minimum absolute atomic E-state index is 0.234. The fraction of sp³-hybridized carbons (Fsp3) is 0.538. The van der Waals surface area contributed by atoms with Crippen LogP contribution < -0.4 is 15.2 Å². The Hall–Kier alpha value is -1.22. The molecule has 3 heteroatoms. The molecule has 0 saturated heterocycles. The van der Waals surface area contributed by atoms with Crippen LogP contribution in [0.2, 0.25) is 0 Å². The van der Waals surface area contributed by atoms with Crippen molar-refractivity contribution < 1.29 is 9.47 Å². The fourth-order valence-electron chi connectivity index (χ4n) is 1.54. The normalized spacial score (nSPS) is 12.2. The summed E-state index contributed by atoms with van der Waals surface area (Å²) in [5.74, 6) is 1.60. The Morgan fingerprint density at radius 1 is 1.31 bits per heavy atom. The van der Waals surface area contributed by atoms with Gasteiger partial charge in [-0.05, 0) is 44.4 Å². The van der Waals surface area contributed by atoms with Crippen LogP contribution in [0.3, 0.4) is 0 Å². The van der Waals surface area contributed by atoms with Gasteiger partial charge in [-0.2, -0.15) is 0 Å². The van der Waals surface area contributed by atoms with Crippen molar-refractivity contribution in [3.63, 3.8) is 0 Å². The second-order valence-corrected chi connectivity index (χ2v) is 3.93. The summed E-state index contributed by atoms with van der Waals surface area (Å²) in [4.78, 5) is 0. The van der Waals surface area contributed by atoms with Gasteiger partial charge in [0.15, 0.2) is 11.5 Å². The molecule has 0 amide bonds. The molecule has 0 saturated carbocycles. The maximum Gasteiger partial charge on any atom is 0.161 e. The van der Waals surface area contributed by atoms with Crippen LogP contribution in [0.4, 0.5) is 0 Å². The number of methoxy groups -OCH3 is 1. The lowest BCUT2D eigenvalue weighted by Crippen LogP contribution is -2.15. The van der Waals surface area contributed by atoms with Gasteiger partial charge < -0.3 is 15.2 Å². The van der Waals surface area contributed by atoms with Crippen LogP contribution in [-0.2, 0) is 6.42 Å². The van der Waals surface area contributed by atoms with E-state index in [0.29, 0.717) is 6.61 Å². The van der Waals surface area contributed by atoms with E-state index in [-0.39, 0.29) is 6.04 Å². The van der Waals surface area contributed by atoms with Crippen molar-refractivity contribution in [1.29, 1.82) is 0 Å². The highest BCUT2D eigenvalue weighted by molar-refractivity contribution is 5.43. The summed E-state index contributed by atoms with van der Waals surface area (Å²) in [6.07, 6.45) is 1.96. The minimum atomic E-state index is 0.234. The quantitative estimate of drug-likeness (QED) is 0.805. The first-order valence-electron chi connectivity index (χ1n) is 5.72. The molecule has 0 bridgehead atoms. The molecule has 3 nitrogen and oxygen atoms in total. The van der Waals surface area contributed by atoms with Gasteiger partial charge >= 0.3 is 0 Å². The zero-order chi connectivity index (χ0) is 12.0. The lowest BCUT2D eigenvalue weighted by molar-refractivity contribution is 0.310. The molecule has 1 aromatic carbocycles. The lowest BCUT2D eigenvalue weighted by Gasteiger charge is -2.11. The fourth-order valence-corrected chi connectivity index (χ4v) is 1.54. The molecule has 1 rings (SSSR count). The number of benzene rings is 1. The monoisotopic (exact) mass is 223 g/mol. The highest BCUT2D eigenvalue weighted by Crippen LogP contribution is 2.28. The van der Waals surface area contributed by atoms with Crippen LogP contribution in [0.1, 0.15) is 25.8 Å². The van der Waals surface area contributed by atoms with Crippen molar-refractivity contribution >= 4 is 0 Å². The van der Waals surface area contributed by atoms with E-state index >= 15 is 0 Å². The van der Waals surface area contributed by atoms with E-state index in [1.807, 2.05) is 26.0 Å². The molecule has 2 N–H and O–H groups in total. The number of rotatable bonds is 6. The second-order valence-electron chi connectivity index (χ2n) is 3.93. The van der Waals surface area contributed by atoms with Gasteiger partial charge in [0.1, 0.15) is 0 Å². The topological polar surface area (TPSA) is 44.5 Å². The van der Waals surface area contributed by atoms with Crippen LogP contribution in [0.5, 0.6) is 11.5 Å². The molecular weight excluding hydrogens is 202 g/mol. The van der Waals surface area contributed by atoms with Gasteiger partial charge in [0, 0.05) is 6.04 Å². The van der Waals surface area contributed by atoms with Crippen LogP contribution in [-0.4, -0.2) is 19.8 Å². The predicted molar refractivity (Wildman–Crippen MR) is 66.1 cm³/mol. The Bertz CT molecular complexity index is 324. The molecule has 0 aromatic heterocycles. The SMILES string of the molecule is CCOc1cc(CC[C@@H](C)N)ccc1OC. The van der Waals surface area contributed by atoms with E-state index in [4.69, 9.17) is 15.2 Å². The van der Waals surface area contributed by atoms with Crippen molar-refractivity contribution in [3.05, 3.63) is 23.8 Å². The third-order valence-electron chi connectivity index (χ3n) is 2.42. The third kappa shape index (κ3) is 3.74. The smallest absolute Gasteiger partial charge is 0.161 e. The largest absolute Gasteiger partial charge is 0.493 e. The van der Waals surface area contributed by atoms with Crippen molar-refractivity contribution in [2.45, 2.75) is 32.7 Å². The standard InChI is InChI=1S/C13H21NO2/c1-4-16-13-9-11(6-5-10(2)14)7-8-12(13)15-3/h7-10H,4-6,14H2,1-3H3/t10-/m1/s1. The van der Waals surface area contributed by atoms with E-state index in [9.17, 15) is 0 Å². The Balaban J connectivity index is 2.76. The molecule has 0 radical (unpaired) electrons. The van der Waals surface area contributed by atoms with Gasteiger partial charge in [0.2, 0.25) is 0 Å². The zero-order valence-corrected chi connectivity index (χ0v) is 10.3. The minimum Gasteiger partial charge on any atom is -0.493 e. The third-order valence-corrected chi connectivity index (χ3v) is 2.42. The van der Waals surface area contributed by atoms with E-state index in [0.717, 1.165) is 24.3 Å². The Morgan fingerprint density at radius 3 is 2.62 bits per heavy atom. The maximum absolute atomic E-state index is 5.74. The predicted octanol–water partition coefficient (Wildman–Crippen LogP) is 2.37. The number of nitrogens with two attached hydrogens (primary N) is 1. The molecule has 1 atom stereocenters. The number of hydrogen-bond donors (Lipinski definition) is 1. The van der Waals surface area contributed by atoms with E-state index in [2.05, 4.69) is 6.07 Å². The molecule has 16 heavy (non-hydrogen) atoms. The molecule has 0 aliphatic heterocycles. The van der Waals surface area contributed by atoms with Crippen molar-refractivity contribution in [1.82, 2.24) is 0 Å². The van der Waals surface area contributed by atoms with Gasteiger partial charge in [-0.25, -0.2) is 0 Å². The van der Waals surface area contributed by atoms with Crippen molar-refractivity contribution in [3.8, 4) is 11.5 Å². The van der Waals surface area contributed by atoms with Gasteiger partial charge in [0.05, 0.1) is 13.7 Å². The summed E-state index contributed by atoms with van der Waals surface area (Å²) in [7, 11) is 1.65. The summed E-state index contributed by atoms with van der Waals surface area (Å²) < 4.78 is 10.7. The zero-order valence-electron chi connectivity index (χ0n) is 10.3. The first-order valence-corrected chi connectivity index (χ1v) is 5.72. The molecule has 1 aromatic rings. The van der Waals surface area contributed by atoms with Gasteiger partial charge in [-0.15, -0.1) is 0 Å². The summed E-state index contributed by atoms with van der Waals surface area (Å²) in [6.45, 7) is 4.63. The van der Waals surface area contributed by atoms with E-state index in [1.165, 1.54) is 5.56 Å². The average Bonchev–Trinajstić information content (AvgIpc) is 2.27. The summed E-state index contributed by atoms with van der Waals surface area (Å²) in [5, 5.41) is 0. The molecule has 0 heterocycles. The van der Waals surface area contributed by atoms with Gasteiger partial charge in [-0.3, -0.25) is 0 Å². The van der Waals surface area contributed by atoms with Crippen molar-refractivity contribution in [2.24, 2.45) is 5.73 Å². The molecule has 0 aliphatic rings. The van der Waals surface area contributed by atoms with Crippen LogP contribution in [0.25, 0.3) is 0 Å². The second kappa shape index (κ2) is 6.38. The summed E-state index contributed by atoms with van der Waals surface area (Å²) >= 11 is 0. The number of hydrogen-bond acceptors (Lipinski definition) is 3. The highest BCUT2D eigenvalue weighted by Gasteiger charge is 2.05. The first-order chi connectivity index (χ1) is 7.67. The molecule has 0 unspecified atom stereocenters. The lowest BCUT2D eigenvalue weighted by atomic mass is 10.1. The Kier molecular flexibility index (Phi) is 5.12. The Morgan fingerprint density at radius 2 is 2.06 bits per heavy atom. The highest BCUT2D eigenvalue weighted by atomic mass is 16.5. The van der Waals surface area contributed by atoms with Gasteiger partial charge in [0.25, 0.3) is 0 Å². The molecule has 0 aliphatic carbocycles. The first kappa shape index (κ1) is 12.8. The van der Waals surface area contributed by atoms with E-state index in [1.54, 1.807) is 7.11 Å². The van der Waals surface area contributed by atoms with Crippen LogP contribution in [0.15, 0.2) is 18.2 Å². The molecule has 90 valence electrons. The summed E-state index contributed by atoms with van der Waals surface area (Å²) in [5.41, 5.74) is 6.97. The van der Waals surface area contributed by atoms with Crippen LogP contribution in [0, 0.1) is 0 Å². The Labute approximate surface area is 97.6 Å². The number of ether oxygens (including phenoxy) is 2. The maximum atomic E-state index is 5.74. The van der Waals surface area contributed by atoms with Crippen molar-refractivity contribution in [2.75, 3.05) is 13.7 Å².